The van der Waals surface area contributed by atoms with Crippen LogP contribution in [0.3, 0.4) is 0 Å². The van der Waals surface area contributed by atoms with Crippen molar-refractivity contribution in [2.45, 2.75) is 32.2 Å². The number of fused-ring (bicyclic) bond motifs is 1. The minimum absolute atomic E-state index is 0.0701. The molecule has 1 amide bonds. The molecule has 2 rings (SSSR count). The molecule has 18 heavy (non-hydrogen) atoms. The summed E-state index contributed by atoms with van der Waals surface area (Å²) in [5.74, 6) is 0.0701. The topological polar surface area (TPSA) is 67.2 Å². The molecule has 1 unspecified atom stereocenters. The molecule has 4 N–H and O–H groups in total. The summed E-state index contributed by atoms with van der Waals surface area (Å²) in [6, 6.07) is 6.32. The predicted molar refractivity (Wildman–Crippen MR) is 73.2 cm³/mol. The van der Waals surface area contributed by atoms with Gasteiger partial charge in [0.1, 0.15) is 0 Å². The van der Waals surface area contributed by atoms with Gasteiger partial charge < -0.3 is 16.4 Å². The number of nitrogens with two attached hydrogens (primary N) is 1. The van der Waals surface area contributed by atoms with E-state index in [2.05, 4.69) is 16.7 Å². The minimum atomic E-state index is 0.0701. The third-order valence-electron chi connectivity index (χ3n) is 3.33. The zero-order valence-corrected chi connectivity index (χ0v) is 10.8. The maximum absolute atomic E-state index is 11.5. The zero-order chi connectivity index (χ0) is 13.0. The Morgan fingerprint density at radius 3 is 3.11 bits per heavy atom. The lowest BCUT2D eigenvalue weighted by Gasteiger charge is -2.14. The van der Waals surface area contributed by atoms with Crippen molar-refractivity contribution in [3.63, 3.8) is 0 Å². The Morgan fingerprint density at radius 2 is 2.33 bits per heavy atom. The molecule has 4 nitrogen and oxygen atoms in total. The standard InChI is InChI=1S/C14H21N3O/c1-2-7-16-14(18)9-17-13-6-3-10-8-11(15)4-5-12(10)13/h4-5,8,13,17H,2-3,6-7,9,15H2,1H3,(H,16,18). The number of nitrogens with one attached hydrogen (secondary N) is 2. The van der Waals surface area contributed by atoms with Crippen molar-refractivity contribution in [2.75, 3.05) is 18.8 Å². The van der Waals surface area contributed by atoms with Gasteiger partial charge in [0.15, 0.2) is 0 Å². The number of carbonyl (C=O) groups is 1. The van der Waals surface area contributed by atoms with Crippen LogP contribution in [0.5, 0.6) is 0 Å². The Hall–Kier alpha value is -1.55. The van der Waals surface area contributed by atoms with E-state index >= 15 is 0 Å². The largest absolute Gasteiger partial charge is 0.399 e. The number of benzene rings is 1. The van der Waals surface area contributed by atoms with Crippen LogP contribution >= 0.6 is 0 Å². The van der Waals surface area contributed by atoms with Crippen LogP contribution in [0.15, 0.2) is 18.2 Å². The van der Waals surface area contributed by atoms with Crippen LogP contribution < -0.4 is 16.4 Å². The molecule has 1 aromatic carbocycles. The summed E-state index contributed by atoms with van der Waals surface area (Å²) < 4.78 is 0. The van der Waals surface area contributed by atoms with E-state index in [0.29, 0.717) is 6.54 Å². The van der Waals surface area contributed by atoms with Crippen LogP contribution in [-0.4, -0.2) is 19.0 Å². The number of rotatable bonds is 5. The summed E-state index contributed by atoms with van der Waals surface area (Å²) >= 11 is 0. The summed E-state index contributed by atoms with van der Waals surface area (Å²) in [5, 5.41) is 6.18. The Bertz CT molecular complexity index is 431. The highest BCUT2D eigenvalue weighted by Crippen LogP contribution is 2.31. The van der Waals surface area contributed by atoms with Crippen molar-refractivity contribution in [3.8, 4) is 0 Å². The Labute approximate surface area is 108 Å². The number of hydrogen-bond donors (Lipinski definition) is 3. The average Bonchev–Trinajstić information content (AvgIpc) is 2.76. The molecular formula is C14H21N3O. The molecule has 0 radical (unpaired) electrons. The number of anilines is 1. The number of aryl methyl sites for hydroxylation is 1. The zero-order valence-electron chi connectivity index (χ0n) is 10.8. The maximum atomic E-state index is 11.5. The van der Waals surface area contributed by atoms with E-state index in [9.17, 15) is 4.79 Å². The van der Waals surface area contributed by atoms with Crippen LogP contribution in [-0.2, 0) is 11.2 Å². The minimum Gasteiger partial charge on any atom is -0.399 e. The van der Waals surface area contributed by atoms with E-state index in [0.717, 1.165) is 31.5 Å². The van der Waals surface area contributed by atoms with Crippen LogP contribution in [0.25, 0.3) is 0 Å². The molecule has 0 spiro atoms. The summed E-state index contributed by atoms with van der Waals surface area (Å²) in [4.78, 5) is 11.5. The van der Waals surface area contributed by atoms with E-state index in [1.807, 2.05) is 19.1 Å². The molecule has 0 bridgehead atoms. The number of hydrogen-bond acceptors (Lipinski definition) is 3. The van der Waals surface area contributed by atoms with Crippen LogP contribution in [0, 0.1) is 0 Å². The highest BCUT2D eigenvalue weighted by molar-refractivity contribution is 5.78. The average molecular weight is 247 g/mol. The molecule has 98 valence electrons. The molecule has 0 heterocycles. The first-order valence-electron chi connectivity index (χ1n) is 6.59. The SMILES string of the molecule is CCCNC(=O)CNC1CCc2cc(N)ccc21. The molecule has 1 aliphatic carbocycles. The Kier molecular flexibility index (Phi) is 4.20. The molecule has 1 aromatic rings. The van der Waals surface area contributed by atoms with Gasteiger partial charge in [-0.1, -0.05) is 13.0 Å². The smallest absolute Gasteiger partial charge is 0.233 e. The van der Waals surface area contributed by atoms with Crippen molar-refractivity contribution in [3.05, 3.63) is 29.3 Å². The lowest BCUT2D eigenvalue weighted by atomic mass is 10.1. The lowest BCUT2D eigenvalue weighted by molar-refractivity contribution is -0.120. The van der Waals surface area contributed by atoms with Gasteiger partial charge in [-0.2, -0.15) is 0 Å². The van der Waals surface area contributed by atoms with Gasteiger partial charge in [0.05, 0.1) is 6.54 Å². The third kappa shape index (κ3) is 3.01. The second-order valence-corrected chi connectivity index (χ2v) is 4.78. The fourth-order valence-electron chi connectivity index (χ4n) is 2.39. The molecule has 0 saturated carbocycles. The molecule has 1 atom stereocenters. The molecule has 0 saturated heterocycles. The molecule has 1 aliphatic rings. The van der Waals surface area contributed by atoms with Crippen molar-refractivity contribution in [2.24, 2.45) is 0 Å². The summed E-state index contributed by atoms with van der Waals surface area (Å²) in [6.07, 6.45) is 3.05. The second kappa shape index (κ2) is 5.87. The maximum Gasteiger partial charge on any atom is 0.233 e. The fourth-order valence-corrected chi connectivity index (χ4v) is 2.39. The van der Waals surface area contributed by atoms with Crippen molar-refractivity contribution >= 4 is 11.6 Å². The van der Waals surface area contributed by atoms with E-state index in [4.69, 9.17) is 5.73 Å². The van der Waals surface area contributed by atoms with E-state index in [1.165, 1.54) is 11.1 Å². The highest BCUT2D eigenvalue weighted by atomic mass is 16.1. The number of carbonyl (C=O) groups excluding carboxylic acids is 1. The summed E-state index contributed by atoms with van der Waals surface area (Å²) in [5.41, 5.74) is 9.18. The molecule has 0 fully saturated rings. The van der Waals surface area contributed by atoms with E-state index < -0.39 is 0 Å². The van der Waals surface area contributed by atoms with Gasteiger partial charge in [0.2, 0.25) is 5.91 Å². The first-order chi connectivity index (χ1) is 8.70. The van der Waals surface area contributed by atoms with E-state index in [-0.39, 0.29) is 11.9 Å². The third-order valence-corrected chi connectivity index (χ3v) is 3.33. The van der Waals surface area contributed by atoms with Crippen molar-refractivity contribution < 1.29 is 4.79 Å². The molecule has 0 aromatic heterocycles. The first-order valence-corrected chi connectivity index (χ1v) is 6.59. The summed E-state index contributed by atoms with van der Waals surface area (Å²) in [7, 11) is 0. The van der Waals surface area contributed by atoms with Gasteiger partial charge in [-0.3, -0.25) is 4.79 Å². The van der Waals surface area contributed by atoms with Gasteiger partial charge in [-0.05, 0) is 42.5 Å². The van der Waals surface area contributed by atoms with Crippen molar-refractivity contribution in [1.29, 1.82) is 0 Å². The summed E-state index contributed by atoms with van der Waals surface area (Å²) in [6.45, 7) is 3.18. The van der Waals surface area contributed by atoms with Crippen molar-refractivity contribution in [1.82, 2.24) is 10.6 Å². The van der Waals surface area contributed by atoms with Gasteiger partial charge >= 0.3 is 0 Å². The monoisotopic (exact) mass is 247 g/mol. The van der Waals surface area contributed by atoms with Gasteiger partial charge in [-0.15, -0.1) is 0 Å². The molecule has 0 aliphatic heterocycles. The Morgan fingerprint density at radius 1 is 1.50 bits per heavy atom. The van der Waals surface area contributed by atoms with Gasteiger partial charge in [0, 0.05) is 18.3 Å². The fraction of sp³-hybridized carbons (Fsp3) is 0.500. The Balaban J connectivity index is 1.88. The quantitative estimate of drug-likeness (QED) is 0.688. The van der Waals surface area contributed by atoms with Gasteiger partial charge in [-0.25, -0.2) is 0 Å². The molecule has 4 heteroatoms. The number of amides is 1. The normalized spacial score (nSPS) is 17.5. The predicted octanol–water partition coefficient (Wildman–Crippen LogP) is 1.37. The van der Waals surface area contributed by atoms with Gasteiger partial charge in [0.25, 0.3) is 0 Å². The van der Waals surface area contributed by atoms with Crippen LogP contribution in [0.4, 0.5) is 5.69 Å². The number of nitrogen functional groups attached to an aromatic ring is 1. The second-order valence-electron chi connectivity index (χ2n) is 4.78. The highest BCUT2D eigenvalue weighted by Gasteiger charge is 2.22. The van der Waals surface area contributed by atoms with Crippen LogP contribution in [0.1, 0.15) is 36.9 Å². The molecular weight excluding hydrogens is 226 g/mol. The van der Waals surface area contributed by atoms with E-state index in [1.54, 1.807) is 0 Å². The van der Waals surface area contributed by atoms with Crippen LogP contribution in [0.2, 0.25) is 0 Å². The lowest BCUT2D eigenvalue weighted by Crippen LogP contribution is -2.35. The first kappa shape index (κ1) is 12.9.